The Morgan fingerprint density at radius 2 is 2.12 bits per heavy atom. The molecule has 0 saturated heterocycles. The highest BCUT2D eigenvalue weighted by molar-refractivity contribution is 5.83. The Bertz CT molecular complexity index is 238. The van der Waals surface area contributed by atoms with Crippen molar-refractivity contribution in [3.8, 4) is 0 Å². The molecule has 1 aliphatic carbocycles. The number of nitrogens with one attached hydrogen (secondary N) is 1. The fourth-order valence-corrected chi connectivity index (χ4v) is 2.51. The lowest BCUT2D eigenvalue weighted by Crippen LogP contribution is -2.44. The van der Waals surface area contributed by atoms with E-state index in [1.807, 2.05) is 6.92 Å². The Morgan fingerprint density at radius 3 is 2.65 bits per heavy atom. The van der Waals surface area contributed by atoms with Crippen molar-refractivity contribution in [1.82, 2.24) is 5.32 Å². The number of aliphatic hydroxyl groups excluding tert-OH is 1. The molecular weight excluding hydrogens is 216 g/mol. The molecule has 0 aliphatic heterocycles. The van der Waals surface area contributed by atoms with Crippen molar-refractivity contribution in [2.24, 2.45) is 17.1 Å². The van der Waals surface area contributed by atoms with Gasteiger partial charge in [-0.25, -0.2) is 0 Å². The Kier molecular flexibility index (Phi) is 5.92. The standard InChI is InChI=1S/C13H26N2O2/c1-11(9-16)5-4-8-15-12(17)13(10-14)6-2-3-7-13/h11,16H,2-10,14H2,1H3,(H,15,17). The van der Waals surface area contributed by atoms with Crippen LogP contribution in [-0.4, -0.2) is 30.7 Å². The van der Waals surface area contributed by atoms with Crippen molar-refractivity contribution < 1.29 is 9.90 Å². The van der Waals surface area contributed by atoms with Crippen LogP contribution in [0.3, 0.4) is 0 Å². The molecule has 4 N–H and O–H groups in total. The van der Waals surface area contributed by atoms with E-state index in [9.17, 15) is 4.79 Å². The van der Waals surface area contributed by atoms with Gasteiger partial charge in [-0.15, -0.1) is 0 Å². The maximum Gasteiger partial charge on any atom is 0.227 e. The molecule has 1 saturated carbocycles. The van der Waals surface area contributed by atoms with Crippen molar-refractivity contribution in [1.29, 1.82) is 0 Å². The second kappa shape index (κ2) is 6.97. The summed E-state index contributed by atoms with van der Waals surface area (Å²) in [5.41, 5.74) is 5.46. The van der Waals surface area contributed by atoms with E-state index in [4.69, 9.17) is 10.8 Å². The van der Waals surface area contributed by atoms with Crippen molar-refractivity contribution in [3.63, 3.8) is 0 Å². The first-order chi connectivity index (χ1) is 8.14. The molecule has 1 aliphatic rings. The average molecular weight is 242 g/mol. The molecule has 1 rings (SSSR count). The zero-order chi connectivity index (χ0) is 12.7. The lowest BCUT2D eigenvalue weighted by Gasteiger charge is -2.25. The van der Waals surface area contributed by atoms with Crippen LogP contribution in [0.4, 0.5) is 0 Å². The summed E-state index contributed by atoms with van der Waals surface area (Å²) in [4.78, 5) is 12.1. The van der Waals surface area contributed by atoms with Crippen LogP contribution >= 0.6 is 0 Å². The minimum absolute atomic E-state index is 0.133. The fourth-order valence-electron chi connectivity index (χ4n) is 2.51. The van der Waals surface area contributed by atoms with Crippen LogP contribution in [0.5, 0.6) is 0 Å². The summed E-state index contributed by atoms with van der Waals surface area (Å²) in [6, 6.07) is 0. The molecule has 17 heavy (non-hydrogen) atoms. The summed E-state index contributed by atoms with van der Waals surface area (Å²) in [7, 11) is 0. The molecule has 0 aromatic rings. The molecule has 1 atom stereocenters. The van der Waals surface area contributed by atoms with Gasteiger partial charge in [-0.05, 0) is 31.6 Å². The highest BCUT2D eigenvalue weighted by Gasteiger charge is 2.39. The summed E-state index contributed by atoms with van der Waals surface area (Å²) < 4.78 is 0. The van der Waals surface area contributed by atoms with Crippen LogP contribution in [0, 0.1) is 11.3 Å². The molecule has 0 spiro atoms. The molecular formula is C13H26N2O2. The van der Waals surface area contributed by atoms with Gasteiger partial charge in [0.15, 0.2) is 0 Å². The molecule has 0 heterocycles. The van der Waals surface area contributed by atoms with Gasteiger partial charge < -0.3 is 16.2 Å². The number of carbonyl (C=O) groups is 1. The van der Waals surface area contributed by atoms with Gasteiger partial charge in [-0.3, -0.25) is 4.79 Å². The van der Waals surface area contributed by atoms with Crippen LogP contribution in [0.15, 0.2) is 0 Å². The molecule has 0 radical (unpaired) electrons. The van der Waals surface area contributed by atoms with Gasteiger partial charge in [0.25, 0.3) is 0 Å². The van der Waals surface area contributed by atoms with Gasteiger partial charge >= 0.3 is 0 Å². The highest BCUT2D eigenvalue weighted by Crippen LogP contribution is 2.37. The Morgan fingerprint density at radius 1 is 1.47 bits per heavy atom. The normalized spacial score (nSPS) is 20.2. The van der Waals surface area contributed by atoms with E-state index >= 15 is 0 Å². The quantitative estimate of drug-likeness (QED) is 0.584. The first-order valence-corrected chi connectivity index (χ1v) is 6.74. The lowest BCUT2D eigenvalue weighted by atomic mass is 9.85. The maximum atomic E-state index is 12.1. The molecule has 4 nitrogen and oxygen atoms in total. The first-order valence-electron chi connectivity index (χ1n) is 6.74. The number of nitrogens with two attached hydrogens (primary N) is 1. The number of aliphatic hydroxyl groups is 1. The van der Waals surface area contributed by atoms with E-state index in [0.29, 0.717) is 19.0 Å². The van der Waals surface area contributed by atoms with Crippen molar-refractivity contribution in [2.75, 3.05) is 19.7 Å². The highest BCUT2D eigenvalue weighted by atomic mass is 16.3. The van der Waals surface area contributed by atoms with Crippen molar-refractivity contribution >= 4 is 5.91 Å². The third-order valence-electron chi connectivity index (χ3n) is 3.90. The molecule has 1 unspecified atom stereocenters. The van der Waals surface area contributed by atoms with E-state index in [0.717, 1.165) is 38.5 Å². The second-order valence-corrected chi connectivity index (χ2v) is 5.38. The topological polar surface area (TPSA) is 75.3 Å². The summed E-state index contributed by atoms with van der Waals surface area (Å²) in [5, 5.41) is 11.9. The SMILES string of the molecule is CC(CO)CCCNC(=O)C1(CN)CCCC1. The molecule has 0 aromatic carbocycles. The van der Waals surface area contributed by atoms with Crippen LogP contribution in [0.2, 0.25) is 0 Å². The predicted molar refractivity (Wildman–Crippen MR) is 68.4 cm³/mol. The number of amides is 1. The molecule has 1 amide bonds. The van der Waals surface area contributed by atoms with Crippen molar-refractivity contribution in [2.45, 2.75) is 45.4 Å². The smallest absolute Gasteiger partial charge is 0.227 e. The zero-order valence-corrected chi connectivity index (χ0v) is 10.9. The Balaban J connectivity index is 2.24. The summed E-state index contributed by atoms with van der Waals surface area (Å²) in [6.45, 7) is 3.40. The van der Waals surface area contributed by atoms with Crippen LogP contribution < -0.4 is 11.1 Å². The number of rotatable bonds is 7. The van der Waals surface area contributed by atoms with E-state index < -0.39 is 0 Å². The summed E-state index contributed by atoms with van der Waals surface area (Å²) in [6.07, 6.45) is 5.98. The molecule has 1 fully saturated rings. The predicted octanol–water partition coefficient (Wildman–Crippen LogP) is 1.03. The maximum absolute atomic E-state index is 12.1. The third-order valence-corrected chi connectivity index (χ3v) is 3.90. The number of carbonyl (C=O) groups excluding carboxylic acids is 1. The van der Waals surface area contributed by atoms with Crippen LogP contribution in [0.1, 0.15) is 45.4 Å². The summed E-state index contributed by atoms with van der Waals surface area (Å²) in [5.74, 6) is 0.455. The van der Waals surface area contributed by atoms with Crippen LogP contribution in [-0.2, 0) is 4.79 Å². The Hall–Kier alpha value is -0.610. The second-order valence-electron chi connectivity index (χ2n) is 5.38. The van der Waals surface area contributed by atoms with Gasteiger partial charge in [-0.1, -0.05) is 19.8 Å². The molecule has 100 valence electrons. The number of hydrogen-bond donors (Lipinski definition) is 3. The van der Waals surface area contributed by atoms with Gasteiger partial charge in [0.05, 0.1) is 5.41 Å². The monoisotopic (exact) mass is 242 g/mol. The minimum atomic E-state index is -0.289. The van der Waals surface area contributed by atoms with Gasteiger partial charge in [0.1, 0.15) is 0 Å². The van der Waals surface area contributed by atoms with E-state index in [1.165, 1.54) is 0 Å². The van der Waals surface area contributed by atoms with Gasteiger partial charge in [-0.2, -0.15) is 0 Å². The largest absolute Gasteiger partial charge is 0.396 e. The lowest BCUT2D eigenvalue weighted by molar-refractivity contribution is -0.130. The third kappa shape index (κ3) is 3.96. The molecule has 0 aromatic heterocycles. The molecule has 0 bridgehead atoms. The fraction of sp³-hybridized carbons (Fsp3) is 0.923. The van der Waals surface area contributed by atoms with Gasteiger partial charge in [0.2, 0.25) is 5.91 Å². The van der Waals surface area contributed by atoms with E-state index in [-0.39, 0.29) is 17.9 Å². The zero-order valence-electron chi connectivity index (χ0n) is 10.9. The average Bonchev–Trinajstić information content (AvgIpc) is 2.83. The van der Waals surface area contributed by atoms with E-state index in [1.54, 1.807) is 0 Å². The molecule has 4 heteroatoms. The first kappa shape index (κ1) is 14.5. The van der Waals surface area contributed by atoms with Crippen molar-refractivity contribution in [3.05, 3.63) is 0 Å². The number of hydrogen-bond acceptors (Lipinski definition) is 3. The van der Waals surface area contributed by atoms with Gasteiger partial charge in [0, 0.05) is 19.7 Å². The minimum Gasteiger partial charge on any atom is -0.396 e. The Labute approximate surface area is 104 Å². The summed E-state index contributed by atoms with van der Waals surface area (Å²) >= 11 is 0. The van der Waals surface area contributed by atoms with Crippen LogP contribution in [0.25, 0.3) is 0 Å². The van der Waals surface area contributed by atoms with E-state index in [2.05, 4.69) is 5.32 Å².